The Bertz CT molecular complexity index is 1310. The quantitative estimate of drug-likeness (QED) is 0.206. The van der Waals surface area contributed by atoms with Crippen molar-refractivity contribution in [2.24, 2.45) is 0 Å². The number of anilines is 1. The van der Waals surface area contributed by atoms with E-state index in [1.165, 1.54) is 30.0 Å². The van der Waals surface area contributed by atoms with Crippen molar-refractivity contribution >= 4 is 46.8 Å². The van der Waals surface area contributed by atoms with Crippen molar-refractivity contribution in [1.29, 1.82) is 0 Å². The third kappa shape index (κ3) is 7.93. The molecule has 37 heavy (non-hydrogen) atoms. The second kappa shape index (κ2) is 13.1. The van der Waals surface area contributed by atoms with Gasteiger partial charge in [0.15, 0.2) is 11.0 Å². The maximum Gasteiger partial charge on any atom is 0.338 e. The molecule has 0 fully saturated rings. The Labute approximate surface area is 224 Å². The molecule has 0 spiro atoms. The van der Waals surface area contributed by atoms with Gasteiger partial charge in [0.25, 0.3) is 5.91 Å². The number of nitrogens with zero attached hydrogens (tertiary/aromatic N) is 3. The topological polar surface area (TPSA) is 115 Å². The molecule has 2 amide bonds. The smallest absolute Gasteiger partial charge is 0.338 e. The van der Waals surface area contributed by atoms with Crippen LogP contribution in [0.1, 0.15) is 46.0 Å². The van der Waals surface area contributed by atoms with E-state index < -0.39 is 5.97 Å². The normalized spacial score (nSPS) is 10.7. The molecule has 11 heteroatoms. The van der Waals surface area contributed by atoms with E-state index in [2.05, 4.69) is 27.4 Å². The monoisotopic (exact) mass is 541 g/mol. The van der Waals surface area contributed by atoms with E-state index in [0.717, 1.165) is 5.56 Å². The lowest BCUT2D eigenvalue weighted by Gasteiger charge is -2.11. The van der Waals surface area contributed by atoms with Crippen molar-refractivity contribution in [3.63, 3.8) is 0 Å². The molecular weight excluding hydrogens is 514 g/mol. The summed E-state index contributed by atoms with van der Waals surface area (Å²) in [5.41, 5.74) is 2.13. The zero-order chi connectivity index (χ0) is 26.9. The Hall–Kier alpha value is -3.63. The molecule has 0 aliphatic rings. The largest absolute Gasteiger partial charge is 0.459 e. The number of aryl methyl sites for hydroxylation is 1. The Morgan fingerprint density at radius 2 is 1.95 bits per heavy atom. The van der Waals surface area contributed by atoms with E-state index in [1.54, 1.807) is 36.6 Å². The summed E-state index contributed by atoms with van der Waals surface area (Å²) in [6, 6.07) is 11.8. The molecule has 1 heterocycles. The van der Waals surface area contributed by atoms with Crippen molar-refractivity contribution in [1.82, 2.24) is 20.1 Å². The van der Waals surface area contributed by atoms with Crippen LogP contribution in [-0.4, -0.2) is 44.4 Å². The highest BCUT2D eigenvalue weighted by atomic mass is 35.5. The molecule has 2 N–H and O–H groups in total. The first-order chi connectivity index (χ1) is 17.7. The van der Waals surface area contributed by atoms with Gasteiger partial charge in [-0.2, -0.15) is 0 Å². The average molecular weight is 542 g/mol. The first-order valence-corrected chi connectivity index (χ1v) is 12.8. The number of nitrogens with one attached hydrogen (secondary N) is 2. The zero-order valence-corrected chi connectivity index (χ0v) is 22.4. The summed E-state index contributed by atoms with van der Waals surface area (Å²) in [6.07, 6.45) is 1.41. The van der Waals surface area contributed by atoms with Gasteiger partial charge in [0, 0.05) is 12.1 Å². The van der Waals surface area contributed by atoms with Gasteiger partial charge in [-0.3, -0.25) is 9.59 Å². The minimum absolute atomic E-state index is 0.0158. The van der Waals surface area contributed by atoms with Gasteiger partial charge in [-0.05, 0) is 51.1 Å². The van der Waals surface area contributed by atoms with Crippen molar-refractivity contribution < 1.29 is 19.1 Å². The number of benzene rings is 2. The minimum Gasteiger partial charge on any atom is -0.459 e. The van der Waals surface area contributed by atoms with Crippen LogP contribution in [0, 0.1) is 6.92 Å². The van der Waals surface area contributed by atoms with Gasteiger partial charge >= 0.3 is 5.97 Å². The van der Waals surface area contributed by atoms with Crippen molar-refractivity contribution in [2.75, 3.05) is 11.1 Å². The fourth-order valence-electron chi connectivity index (χ4n) is 3.26. The van der Waals surface area contributed by atoms with Gasteiger partial charge in [-0.15, -0.1) is 16.8 Å². The Morgan fingerprint density at radius 1 is 1.16 bits per heavy atom. The predicted molar refractivity (Wildman–Crippen MR) is 144 cm³/mol. The van der Waals surface area contributed by atoms with E-state index in [9.17, 15) is 14.4 Å². The van der Waals surface area contributed by atoms with Crippen LogP contribution in [0.5, 0.6) is 0 Å². The number of carbonyl (C=O) groups is 3. The molecule has 0 bridgehead atoms. The van der Waals surface area contributed by atoms with E-state index in [0.29, 0.717) is 33.8 Å². The average Bonchev–Trinajstić information content (AvgIpc) is 3.23. The molecule has 1 aromatic heterocycles. The van der Waals surface area contributed by atoms with Crippen LogP contribution in [0.4, 0.5) is 5.69 Å². The van der Waals surface area contributed by atoms with Crippen LogP contribution in [0.15, 0.2) is 60.3 Å². The lowest BCUT2D eigenvalue weighted by atomic mass is 10.1. The highest BCUT2D eigenvalue weighted by molar-refractivity contribution is 7.99. The van der Waals surface area contributed by atoms with Crippen LogP contribution in [0.2, 0.25) is 5.02 Å². The Morgan fingerprint density at radius 3 is 2.65 bits per heavy atom. The summed E-state index contributed by atoms with van der Waals surface area (Å²) in [5, 5.41) is 14.7. The van der Waals surface area contributed by atoms with Gasteiger partial charge in [-0.1, -0.05) is 47.1 Å². The first kappa shape index (κ1) is 27.9. The second-order valence-electron chi connectivity index (χ2n) is 8.34. The standard InChI is InChI=1S/C26H28ClN5O4S/c1-5-11-32-22(14-28-24(34)18-8-6-7-17(4)12-18)30-31-26(32)37-15-23(33)29-21-13-19(9-10-20(21)27)25(35)36-16(2)3/h5-10,12-13,16H,1,11,14-15H2,2-4H3,(H,28,34)(H,29,33). The number of ether oxygens (including phenoxy) is 1. The molecule has 0 saturated heterocycles. The number of hydrogen-bond donors (Lipinski definition) is 2. The molecule has 0 radical (unpaired) electrons. The predicted octanol–water partition coefficient (Wildman–Crippen LogP) is 4.65. The zero-order valence-electron chi connectivity index (χ0n) is 20.8. The number of esters is 1. The lowest BCUT2D eigenvalue weighted by Crippen LogP contribution is -2.25. The minimum atomic E-state index is -0.504. The SMILES string of the molecule is C=CCn1c(CNC(=O)c2cccc(C)c2)nnc1SCC(=O)Nc1cc(C(=O)OC(C)C)ccc1Cl. The summed E-state index contributed by atoms with van der Waals surface area (Å²) in [6.45, 7) is 9.75. The number of hydrogen-bond acceptors (Lipinski definition) is 7. The number of rotatable bonds is 11. The number of thioether (sulfide) groups is 1. The van der Waals surface area contributed by atoms with Crippen molar-refractivity contribution in [2.45, 2.75) is 45.1 Å². The molecule has 0 saturated carbocycles. The summed E-state index contributed by atoms with van der Waals surface area (Å²) in [4.78, 5) is 37.3. The second-order valence-corrected chi connectivity index (χ2v) is 9.69. The fraction of sp³-hybridized carbons (Fsp3) is 0.269. The summed E-state index contributed by atoms with van der Waals surface area (Å²) in [5.74, 6) is -0.521. The molecule has 9 nitrogen and oxygen atoms in total. The molecule has 2 aromatic carbocycles. The fourth-order valence-corrected chi connectivity index (χ4v) is 4.19. The summed E-state index contributed by atoms with van der Waals surface area (Å²) in [7, 11) is 0. The molecule has 0 unspecified atom stereocenters. The van der Waals surface area contributed by atoms with Crippen molar-refractivity contribution in [3.05, 3.63) is 82.7 Å². The summed E-state index contributed by atoms with van der Waals surface area (Å²) >= 11 is 7.38. The van der Waals surface area contributed by atoms with Crippen LogP contribution < -0.4 is 10.6 Å². The highest BCUT2D eigenvalue weighted by Gasteiger charge is 2.17. The van der Waals surface area contributed by atoms with Crippen LogP contribution in [0.25, 0.3) is 0 Å². The first-order valence-electron chi connectivity index (χ1n) is 11.5. The maximum absolute atomic E-state index is 12.6. The van der Waals surface area contributed by atoms with E-state index >= 15 is 0 Å². The number of carbonyl (C=O) groups excluding carboxylic acids is 3. The van der Waals surface area contributed by atoms with Crippen LogP contribution in [0.3, 0.4) is 0 Å². The molecule has 3 aromatic rings. The lowest BCUT2D eigenvalue weighted by molar-refractivity contribution is -0.113. The van der Waals surface area contributed by atoms with Crippen LogP contribution in [-0.2, 0) is 22.6 Å². The molecule has 194 valence electrons. The van der Waals surface area contributed by atoms with Crippen LogP contribution >= 0.6 is 23.4 Å². The summed E-state index contributed by atoms with van der Waals surface area (Å²) < 4.78 is 6.97. The molecule has 0 aliphatic heterocycles. The molecule has 3 rings (SSSR count). The van der Waals surface area contributed by atoms with E-state index in [-0.39, 0.29) is 35.8 Å². The number of allylic oxidation sites excluding steroid dienone is 1. The van der Waals surface area contributed by atoms with Gasteiger partial charge in [-0.25, -0.2) is 4.79 Å². The molecule has 0 aliphatic carbocycles. The van der Waals surface area contributed by atoms with Gasteiger partial charge in [0.2, 0.25) is 5.91 Å². The Kier molecular flexibility index (Phi) is 9.87. The third-order valence-corrected chi connectivity index (χ3v) is 6.24. The van der Waals surface area contributed by atoms with Crippen molar-refractivity contribution in [3.8, 4) is 0 Å². The number of amides is 2. The Balaban J connectivity index is 1.63. The maximum atomic E-state index is 12.6. The third-order valence-electron chi connectivity index (χ3n) is 4.94. The highest BCUT2D eigenvalue weighted by Crippen LogP contribution is 2.25. The molecular formula is C26H28ClN5O4S. The van der Waals surface area contributed by atoms with E-state index in [1.807, 2.05) is 19.1 Å². The van der Waals surface area contributed by atoms with E-state index in [4.69, 9.17) is 16.3 Å². The number of aromatic nitrogens is 3. The molecule has 0 atom stereocenters. The van der Waals surface area contributed by atoms with Gasteiger partial charge < -0.3 is 19.9 Å². The van der Waals surface area contributed by atoms with Gasteiger partial charge in [0.1, 0.15) is 0 Å². The van der Waals surface area contributed by atoms with Gasteiger partial charge in [0.05, 0.1) is 34.7 Å². The number of halogens is 1.